The second-order valence-corrected chi connectivity index (χ2v) is 7.12. The Labute approximate surface area is 156 Å². The maximum atomic E-state index is 5.44. The minimum atomic E-state index is 0.394. The van der Waals surface area contributed by atoms with E-state index >= 15 is 0 Å². The largest absolute Gasteiger partial charge is 0.381 e. The standard InChI is InChI=1S/C20H22N6O/c1-27-15-5-3-14(4-6-15)24-20-23-11-17-16(10-22-19(17)25-20)13-2-7-18-21-8-9-26(18)12-13/h2,7-12,14-15H,3-6H2,1H3,(H2,22,23,24,25). The van der Waals surface area contributed by atoms with Gasteiger partial charge in [0.15, 0.2) is 0 Å². The zero-order chi connectivity index (χ0) is 18.2. The first kappa shape index (κ1) is 16.3. The fraction of sp³-hybridized carbons (Fsp3) is 0.350. The summed E-state index contributed by atoms with van der Waals surface area (Å²) in [5.74, 6) is 0.682. The molecule has 0 amide bonds. The molecular weight excluding hydrogens is 340 g/mol. The van der Waals surface area contributed by atoms with Gasteiger partial charge in [-0.2, -0.15) is 4.98 Å². The monoisotopic (exact) mass is 362 g/mol. The number of aromatic nitrogens is 5. The molecule has 1 aliphatic carbocycles. The van der Waals surface area contributed by atoms with Gasteiger partial charge in [-0.15, -0.1) is 0 Å². The van der Waals surface area contributed by atoms with Gasteiger partial charge in [0.1, 0.15) is 11.3 Å². The molecule has 4 aromatic rings. The molecular formula is C20H22N6O. The quantitative estimate of drug-likeness (QED) is 0.579. The van der Waals surface area contributed by atoms with Gasteiger partial charge < -0.3 is 19.4 Å². The Hall–Kier alpha value is -2.93. The van der Waals surface area contributed by atoms with Crippen molar-refractivity contribution in [2.24, 2.45) is 0 Å². The van der Waals surface area contributed by atoms with E-state index in [-0.39, 0.29) is 0 Å². The Kier molecular flexibility index (Phi) is 4.01. The number of H-pyrrole nitrogens is 1. The number of fused-ring (bicyclic) bond motifs is 2. The molecule has 4 aromatic heterocycles. The number of aromatic amines is 1. The van der Waals surface area contributed by atoms with Crippen LogP contribution in [0.25, 0.3) is 27.8 Å². The van der Waals surface area contributed by atoms with Crippen LogP contribution in [0.15, 0.2) is 43.1 Å². The predicted octanol–water partition coefficient (Wildman–Crippen LogP) is 3.64. The van der Waals surface area contributed by atoms with Crippen molar-refractivity contribution in [2.45, 2.75) is 37.8 Å². The second kappa shape index (κ2) is 6.66. The van der Waals surface area contributed by atoms with Crippen LogP contribution >= 0.6 is 0 Å². The number of rotatable bonds is 4. The summed E-state index contributed by atoms with van der Waals surface area (Å²) in [6.07, 6.45) is 14.4. The van der Waals surface area contributed by atoms with Crippen LogP contribution in [0, 0.1) is 0 Å². The lowest BCUT2D eigenvalue weighted by molar-refractivity contribution is 0.0681. The van der Waals surface area contributed by atoms with E-state index in [9.17, 15) is 0 Å². The van der Waals surface area contributed by atoms with Crippen molar-refractivity contribution < 1.29 is 4.74 Å². The van der Waals surface area contributed by atoms with Crippen molar-refractivity contribution in [2.75, 3.05) is 12.4 Å². The molecule has 27 heavy (non-hydrogen) atoms. The van der Waals surface area contributed by atoms with Crippen LogP contribution in [-0.4, -0.2) is 43.6 Å². The van der Waals surface area contributed by atoms with Crippen LogP contribution in [-0.2, 0) is 4.74 Å². The molecule has 0 aliphatic heterocycles. The van der Waals surface area contributed by atoms with Crippen LogP contribution in [0.4, 0.5) is 5.95 Å². The molecule has 5 rings (SSSR count). The van der Waals surface area contributed by atoms with E-state index in [4.69, 9.17) is 4.74 Å². The van der Waals surface area contributed by atoms with E-state index < -0.39 is 0 Å². The lowest BCUT2D eigenvalue weighted by atomic mass is 9.93. The third kappa shape index (κ3) is 3.04. The van der Waals surface area contributed by atoms with Crippen molar-refractivity contribution >= 4 is 22.6 Å². The molecule has 0 atom stereocenters. The number of imidazole rings is 1. The first-order valence-corrected chi connectivity index (χ1v) is 9.37. The van der Waals surface area contributed by atoms with Crippen molar-refractivity contribution in [3.8, 4) is 11.1 Å². The molecule has 0 spiro atoms. The highest BCUT2D eigenvalue weighted by molar-refractivity contribution is 5.93. The van der Waals surface area contributed by atoms with E-state index in [1.807, 2.05) is 29.1 Å². The Morgan fingerprint density at radius 1 is 1.19 bits per heavy atom. The summed E-state index contributed by atoms with van der Waals surface area (Å²) in [6, 6.07) is 4.50. The van der Waals surface area contributed by atoms with Crippen molar-refractivity contribution in [1.82, 2.24) is 24.3 Å². The minimum Gasteiger partial charge on any atom is -0.381 e. The molecule has 0 saturated heterocycles. The van der Waals surface area contributed by atoms with Crippen molar-refractivity contribution in [3.05, 3.63) is 43.1 Å². The summed E-state index contributed by atoms with van der Waals surface area (Å²) >= 11 is 0. The fourth-order valence-electron chi connectivity index (χ4n) is 3.92. The van der Waals surface area contributed by atoms with E-state index in [0.717, 1.165) is 53.5 Å². The molecule has 2 N–H and O–H groups in total. The first-order chi connectivity index (χ1) is 13.3. The lowest BCUT2D eigenvalue weighted by Crippen LogP contribution is -2.29. The Morgan fingerprint density at radius 2 is 2.07 bits per heavy atom. The Bertz CT molecular complexity index is 1080. The molecule has 7 nitrogen and oxygen atoms in total. The smallest absolute Gasteiger partial charge is 0.224 e. The third-order valence-electron chi connectivity index (χ3n) is 5.47. The van der Waals surface area contributed by atoms with Crippen LogP contribution in [0.1, 0.15) is 25.7 Å². The average molecular weight is 362 g/mol. The Morgan fingerprint density at radius 3 is 2.93 bits per heavy atom. The van der Waals surface area contributed by atoms with E-state index in [2.05, 4.69) is 37.5 Å². The first-order valence-electron chi connectivity index (χ1n) is 9.37. The number of hydrogen-bond acceptors (Lipinski definition) is 5. The van der Waals surface area contributed by atoms with Gasteiger partial charge >= 0.3 is 0 Å². The van der Waals surface area contributed by atoms with E-state index in [1.165, 1.54) is 0 Å². The third-order valence-corrected chi connectivity index (χ3v) is 5.47. The van der Waals surface area contributed by atoms with E-state index in [0.29, 0.717) is 18.1 Å². The molecule has 0 aromatic carbocycles. The van der Waals surface area contributed by atoms with Gasteiger partial charge in [0.2, 0.25) is 5.95 Å². The van der Waals surface area contributed by atoms with Gasteiger partial charge in [0, 0.05) is 60.6 Å². The highest BCUT2D eigenvalue weighted by atomic mass is 16.5. The molecule has 4 heterocycles. The van der Waals surface area contributed by atoms with Gasteiger partial charge in [-0.25, -0.2) is 9.97 Å². The molecule has 0 bridgehead atoms. The van der Waals surface area contributed by atoms with Crippen LogP contribution in [0.2, 0.25) is 0 Å². The van der Waals surface area contributed by atoms with Gasteiger partial charge in [0.25, 0.3) is 0 Å². The number of nitrogens with zero attached hydrogens (tertiary/aromatic N) is 4. The van der Waals surface area contributed by atoms with Gasteiger partial charge in [0.05, 0.1) is 6.10 Å². The second-order valence-electron chi connectivity index (χ2n) is 7.12. The number of hydrogen-bond donors (Lipinski definition) is 2. The van der Waals surface area contributed by atoms with Crippen molar-refractivity contribution in [3.63, 3.8) is 0 Å². The predicted molar refractivity (Wildman–Crippen MR) is 105 cm³/mol. The maximum Gasteiger partial charge on any atom is 0.224 e. The van der Waals surface area contributed by atoms with Crippen molar-refractivity contribution in [1.29, 1.82) is 0 Å². The SMILES string of the molecule is COC1CCC(Nc2ncc3c(-c4ccc5nccn5c4)c[nH]c3n2)CC1. The maximum absolute atomic E-state index is 5.44. The lowest BCUT2D eigenvalue weighted by Gasteiger charge is -2.28. The van der Waals surface area contributed by atoms with Gasteiger partial charge in [-0.05, 0) is 37.8 Å². The summed E-state index contributed by atoms with van der Waals surface area (Å²) in [6.45, 7) is 0. The topological polar surface area (TPSA) is 80.1 Å². The molecule has 1 saturated carbocycles. The van der Waals surface area contributed by atoms with Gasteiger partial charge in [-0.3, -0.25) is 0 Å². The number of ether oxygens (including phenoxy) is 1. The molecule has 0 radical (unpaired) electrons. The molecule has 1 fully saturated rings. The summed E-state index contributed by atoms with van der Waals surface area (Å²) < 4.78 is 7.46. The highest BCUT2D eigenvalue weighted by Gasteiger charge is 2.21. The summed E-state index contributed by atoms with van der Waals surface area (Å²) in [4.78, 5) is 16.8. The summed E-state index contributed by atoms with van der Waals surface area (Å²) in [5.41, 5.74) is 3.98. The summed E-state index contributed by atoms with van der Waals surface area (Å²) in [7, 11) is 1.79. The highest BCUT2D eigenvalue weighted by Crippen LogP contribution is 2.29. The van der Waals surface area contributed by atoms with Crippen LogP contribution in [0.5, 0.6) is 0 Å². The number of methoxy groups -OCH3 is 1. The van der Waals surface area contributed by atoms with Crippen LogP contribution < -0.4 is 5.32 Å². The number of pyridine rings is 1. The Balaban J connectivity index is 1.39. The molecule has 0 unspecified atom stereocenters. The van der Waals surface area contributed by atoms with Gasteiger partial charge in [-0.1, -0.05) is 0 Å². The zero-order valence-electron chi connectivity index (χ0n) is 15.2. The number of anilines is 1. The molecule has 7 heteroatoms. The minimum absolute atomic E-state index is 0.394. The molecule has 138 valence electrons. The van der Waals surface area contributed by atoms with Crippen LogP contribution in [0.3, 0.4) is 0 Å². The fourth-order valence-corrected chi connectivity index (χ4v) is 3.92. The van der Waals surface area contributed by atoms with E-state index in [1.54, 1.807) is 13.3 Å². The zero-order valence-corrected chi connectivity index (χ0v) is 15.2. The average Bonchev–Trinajstić information content (AvgIpc) is 3.34. The summed E-state index contributed by atoms with van der Waals surface area (Å²) in [5, 5.41) is 4.49. The normalized spacial score (nSPS) is 20.3. The number of nitrogens with one attached hydrogen (secondary N) is 2. The molecule has 1 aliphatic rings.